The Balaban J connectivity index is 1.73. The topological polar surface area (TPSA) is 61.9 Å². The molecule has 2 heterocycles. The monoisotopic (exact) mass is 297 g/mol. The van der Waals surface area contributed by atoms with Gasteiger partial charge in [-0.1, -0.05) is 0 Å². The Labute approximate surface area is 126 Å². The summed E-state index contributed by atoms with van der Waals surface area (Å²) in [6, 6.07) is 0.0238. The second-order valence-corrected chi connectivity index (χ2v) is 6.06. The van der Waals surface area contributed by atoms with Crippen molar-refractivity contribution in [3.05, 3.63) is 0 Å². The summed E-state index contributed by atoms with van der Waals surface area (Å²) >= 11 is 0. The smallest absolute Gasteiger partial charge is 0.317 e. The summed E-state index contributed by atoms with van der Waals surface area (Å²) in [5.41, 5.74) is 0. The second-order valence-electron chi connectivity index (χ2n) is 6.06. The van der Waals surface area contributed by atoms with Gasteiger partial charge < -0.3 is 19.9 Å². The average Bonchev–Trinajstić information content (AvgIpc) is 2.97. The zero-order valence-electron chi connectivity index (χ0n) is 13.1. The quantitative estimate of drug-likeness (QED) is 0.785. The standard InChI is InChI=1S/C15H27N3O3/c1-12(19)17-7-3-13(4-8-17)14-5-9-18(11-14)15(20)16-6-10-21-2/h13-14H,3-11H2,1-2H3,(H,16,20). The van der Waals surface area contributed by atoms with Gasteiger partial charge in [-0.15, -0.1) is 0 Å². The van der Waals surface area contributed by atoms with Crippen LogP contribution in [-0.2, 0) is 9.53 Å². The third-order valence-electron chi connectivity index (χ3n) is 4.75. The number of nitrogens with zero attached hydrogens (tertiary/aromatic N) is 2. The Morgan fingerprint density at radius 2 is 1.71 bits per heavy atom. The molecule has 0 aromatic rings. The number of hydrogen-bond acceptors (Lipinski definition) is 3. The van der Waals surface area contributed by atoms with E-state index >= 15 is 0 Å². The second kappa shape index (κ2) is 7.64. The van der Waals surface area contributed by atoms with Gasteiger partial charge in [-0.25, -0.2) is 4.79 Å². The highest BCUT2D eigenvalue weighted by molar-refractivity contribution is 5.74. The van der Waals surface area contributed by atoms with Crippen LogP contribution in [0, 0.1) is 11.8 Å². The van der Waals surface area contributed by atoms with Gasteiger partial charge in [-0.05, 0) is 31.1 Å². The van der Waals surface area contributed by atoms with Gasteiger partial charge >= 0.3 is 6.03 Å². The number of nitrogens with one attached hydrogen (secondary N) is 1. The first-order chi connectivity index (χ1) is 10.1. The Morgan fingerprint density at radius 1 is 1.10 bits per heavy atom. The summed E-state index contributed by atoms with van der Waals surface area (Å²) < 4.78 is 4.94. The van der Waals surface area contributed by atoms with E-state index in [4.69, 9.17) is 4.74 Å². The lowest BCUT2D eigenvalue weighted by molar-refractivity contribution is -0.130. The van der Waals surface area contributed by atoms with Crippen molar-refractivity contribution < 1.29 is 14.3 Å². The molecule has 2 aliphatic heterocycles. The molecule has 6 heteroatoms. The lowest BCUT2D eigenvalue weighted by atomic mass is 9.84. The van der Waals surface area contributed by atoms with E-state index in [1.165, 1.54) is 0 Å². The SMILES string of the molecule is COCCNC(=O)N1CCC(C2CCN(C(C)=O)CC2)C1. The van der Waals surface area contributed by atoms with Gasteiger partial charge in [0, 0.05) is 46.8 Å². The van der Waals surface area contributed by atoms with Crippen LogP contribution < -0.4 is 5.32 Å². The molecule has 2 saturated heterocycles. The van der Waals surface area contributed by atoms with Crippen molar-refractivity contribution >= 4 is 11.9 Å². The summed E-state index contributed by atoms with van der Waals surface area (Å²) in [7, 11) is 1.63. The predicted octanol–water partition coefficient (Wildman–Crippen LogP) is 0.923. The van der Waals surface area contributed by atoms with Crippen molar-refractivity contribution in [2.45, 2.75) is 26.2 Å². The van der Waals surface area contributed by atoms with E-state index in [1.807, 2.05) is 9.80 Å². The van der Waals surface area contributed by atoms with Gasteiger partial charge in [-0.2, -0.15) is 0 Å². The van der Waals surface area contributed by atoms with Crippen LogP contribution in [0.4, 0.5) is 4.79 Å². The van der Waals surface area contributed by atoms with Crippen LogP contribution in [0.1, 0.15) is 26.2 Å². The number of methoxy groups -OCH3 is 1. The molecule has 120 valence electrons. The fourth-order valence-electron chi connectivity index (χ4n) is 3.41. The first-order valence-corrected chi connectivity index (χ1v) is 7.89. The van der Waals surface area contributed by atoms with Crippen molar-refractivity contribution in [2.24, 2.45) is 11.8 Å². The van der Waals surface area contributed by atoms with Crippen LogP contribution in [0.3, 0.4) is 0 Å². The van der Waals surface area contributed by atoms with Gasteiger partial charge in [-0.3, -0.25) is 4.79 Å². The molecular formula is C15H27N3O3. The molecule has 0 aromatic carbocycles. The zero-order chi connectivity index (χ0) is 15.2. The van der Waals surface area contributed by atoms with Crippen LogP contribution in [0.15, 0.2) is 0 Å². The maximum absolute atomic E-state index is 12.0. The summed E-state index contributed by atoms with van der Waals surface area (Å²) in [6.45, 7) is 6.19. The summed E-state index contributed by atoms with van der Waals surface area (Å²) in [5.74, 6) is 1.42. The number of urea groups is 1. The number of rotatable bonds is 4. The lowest BCUT2D eigenvalue weighted by Crippen LogP contribution is -2.41. The van der Waals surface area contributed by atoms with E-state index in [2.05, 4.69) is 5.32 Å². The van der Waals surface area contributed by atoms with Crippen molar-refractivity contribution in [3.8, 4) is 0 Å². The first kappa shape index (κ1) is 16.1. The maximum atomic E-state index is 12.0. The van der Waals surface area contributed by atoms with E-state index in [0.29, 0.717) is 25.0 Å². The van der Waals surface area contributed by atoms with Crippen LogP contribution in [0.25, 0.3) is 0 Å². The molecule has 1 atom stereocenters. The molecule has 2 aliphatic rings. The highest BCUT2D eigenvalue weighted by Crippen LogP contribution is 2.31. The van der Waals surface area contributed by atoms with E-state index in [9.17, 15) is 9.59 Å². The molecule has 0 bridgehead atoms. The Hall–Kier alpha value is -1.30. The molecule has 0 saturated carbocycles. The number of likely N-dealkylation sites (tertiary alicyclic amines) is 2. The highest BCUT2D eigenvalue weighted by atomic mass is 16.5. The Morgan fingerprint density at radius 3 is 2.33 bits per heavy atom. The molecule has 6 nitrogen and oxygen atoms in total. The van der Waals surface area contributed by atoms with Crippen molar-refractivity contribution in [3.63, 3.8) is 0 Å². The largest absolute Gasteiger partial charge is 0.383 e. The number of carbonyl (C=O) groups excluding carboxylic acids is 2. The minimum atomic E-state index is 0.0238. The third-order valence-corrected chi connectivity index (χ3v) is 4.75. The van der Waals surface area contributed by atoms with Gasteiger partial charge in [0.2, 0.25) is 5.91 Å². The predicted molar refractivity (Wildman–Crippen MR) is 79.9 cm³/mol. The van der Waals surface area contributed by atoms with Crippen LogP contribution in [-0.4, -0.2) is 68.2 Å². The van der Waals surface area contributed by atoms with E-state index < -0.39 is 0 Å². The number of carbonyl (C=O) groups is 2. The average molecular weight is 297 g/mol. The van der Waals surface area contributed by atoms with Gasteiger partial charge in [0.05, 0.1) is 6.61 Å². The molecule has 0 radical (unpaired) electrons. The van der Waals surface area contributed by atoms with Crippen LogP contribution in [0.2, 0.25) is 0 Å². The normalized spacial score (nSPS) is 23.4. The molecular weight excluding hydrogens is 270 g/mol. The van der Waals surface area contributed by atoms with Crippen molar-refractivity contribution in [1.29, 1.82) is 0 Å². The Bertz CT molecular complexity index is 367. The van der Waals surface area contributed by atoms with Crippen LogP contribution >= 0.6 is 0 Å². The number of amides is 3. The van der Waals surface area contributed by atoms with Gasteiger partial charge in [0.15, 0.2) is 0 Å². The summed E-state index contributed by atoms with van der Waals surface area (Å²) in [6.07, 6.45) is 3.23. The number of ether oxygens (including phenoxy) is 1. The van der Waals surface area contributed by atoms with E-state index in [0.717, 1.165) is 45.4 Å². The summed E-state index contributed by atoms with van der Waals surface area (Å²) in [4.78, 5) is 27.2. The summed E-state index contributed by atoms with van der Waals surface area (Å²) in [5, 5.41) is 2.88. The molecule has 2 fully saturated rings. The molecule has 0 aliphatic carbocycles. The maximum Gasteiger partial charge on any atom is 0.317 e. The fraction of sp³-hybridized carbons (Fsp3) is 0.867. The molecule has 1 unspecified atom stereocenters. The highest BCUT2D eigenvalue weighted by Gasteiger charge is 2.33. The zero-order valence-corrected chi connectivity index (χ0v) is 13.1. The molecule has 0 aromatic heterocycles. The van der Waals surface area contributed by atoms with Gasteiger partial charge in [0.25, 0.3) is 0 Å². The van der Waals surface area contributed by atoms with Crippen molar-refractivity contribution in [2.75, 3.05) is 46.4 Å². The molecule has 2 rings (SSSR count). The first-order valence-electron chi connectivity index (χ1n) is 7.89. The fourth-order valence-corrected chi connectivity index (χ4v) is 3.41. The number of piperidine rings is 1. The van der Waals surface area contributed by atoms with Crippen molar-refractivity contribution in [1.82, 2.24) is 15.1 Å². The third kappa shape index (κ3) is 4.33. The number of hydrogen-bond donors (Lipinski definition) is 1. The van der Waals surface area contributed by atoms with E-state index in [1.54, 1.807) is 14.0 Å². The molecule has 21 heavy (non-hydrogen) atoms. The molecule has 1 N–H and O–H groups in total. The lowest BCUT2D eigenvalue weighted by Gasteiger charge is -2.34. The minimum absolute atomic E-state index is 0.0238. The van der Waals surface area contributed by atoms with E-state index in [-0.39, 0.29) is 11.9 Å². The molecule has 0 spiro atoms. The molecule has 3 amide bonds. The minimum Gasteiger partial charge on any atom is -0.383 e. The Kier molecular flexibility index (Phi) is 5.85. The van der Waals surface area contributed by atoms with Gasteiger partial charge in [0.1, 0.15) is 0 Å². The van der Waals surface area contributed by atoms with Crippen LogP contribution in [0.5, 0.6) is 0 Å².